The fourth-order valence-corrected chi connectivity index (χ4v) is 1.97. The van der Waals surface area contributed by atoms with Gasteiger partial charge in [-0.15, -0.1) is 11.8 Å². The lowest BCUT2D eigenvalue weighted by Gasteiger charge is -2.23. The lowest BCUT2D eigenvalue weighted by atomic mass is 10.2. The van der Waals surface area contributed by atoms with Gasteiger partial charge in [-0.2, -0.15) is 0 Å². The minimum atomic E-state index is -1.05. The van der Waals surface area contributed by atoms with Crippen molar-refractivity contribution in [2.45, 2.75) is 37.3 Å². The molecular weight excluding hydrogens is 254 g/mol. The smallest absolute Gasteiger partial charge is 0.325 e. The maximum Gasteiger partial charge on any atom is 0.325 e. The number of amides is 1. The number of nitrogens with zero attached hydrogens (tertiary/aromatic N) is 1. The fourth-order valence-electron chi connectivity index (χ4n) is 1.12. The van der Waals surface area contributed by atoms with E-state index in [9.17, 15) is 9.59 Å². The number of imidazole rings is 1. The second kappa shape index (κ2) is 5.90. The standard InChI is InChI=1S/C11H17N3O3S/c1-7(9(15)16)14-10(17)11(2,3)18-6-8-12-4-5-13-8/h4-5,7H,6H2,1-3H3,(H,12,13)(H,14,17)(H,15,16)/t7-/m0/s1. The highest BCUT2D eigenvalue weighted by atomic mass is 32.2. The van der Waals surface area contributed by atoms with Gasteiger partial charge >= 0.3 is 5.97 Å². The summed E-state index contributed by atoms with van der Waals surface area (Å²) in [6.07, 6.45) is 3.37. The van der Waals surface area contributed by atoms with Gasteiger partial charge in [-0.05, 0) is 20.8 Å². The Bertz CT molecular complexity index is 417. The summed E-state index contributed by atoms with van der Waals surface area (Å²) >= 11 is 1.40. The van der Waals surface area contributed by atoms with Gasteiger partial charge in [0.05, 0.1) is 10.5 Å². The van der Waals surface area contributed by atoms with Gasteiger partial charge in [0.25, 0.3) is 0 Å². The Kier molecular flexibility index (Phi) is 4.77. The van der Waals surface area contributed by atoms with Crippen LogP contribution in [0, 0.1) is 0 Å². The third-order valence-corrected chi connectivity index (χ3v) is 3.71. The van der Waals surface area contributed by atoms with Crippen LogP contribution in [0.1, 0.15) is 26.6 Å². The number of aliphatic carboxylic acids is 1. The number of carboxylic acids is 1. The Balaban J connectivity index is 2.51. The molecule has 0 saturated carbocycles. The Hall–Kier alpha value is -1.50. The first-order valence-electron chi connectivity index (χ1n) is 5.49. The van der Waals surface area contributed by atoms with Crippen LogP contribution in [0.5, 0.6) is 0 Å². The molecule has 1 aromatic heterocycles. The number of H-pyrrole nitrogens is 1. The van der Waals surface area contributed by atoms with E-state index in [4.69, 9.17) is 5.11 Å². The third-order valence-electron chi connectivity index (χ3n) is 2.39. The molecule has 6 nitrogen and oxygen atoms in total. The van der Waals surface area contributed by atoms with Crippen molar-refractivity contribution in [3.63, 3.8) is 0 Å². The fraction of sp³-hybridized carbons (Fsp3) is 0.545. The highest BCUT2D eigenvalue weighted by Gasteiger charge is 2.30. The highest BCUT2D eigenvalue weighted by molar-refractivity contribution is 8.00. The molecule has 1 atom stereocenters. The number of hydrogen-bond donors (Lipinski definition) is 3. The molecule has 1 amide bonds. The van der Waals surface area contributed by atoms with Gasteiger partial charge < -0.3 is 15.4 Å². The first kappa shape index (κ1) is 14.6. The predicted molar refractivity (Wildman–Crippen MR) is 69.2 cm³/mol. The minimum absolute atomic E-state index is 0.297. The number of thioether (sulfide) groups is 1. The topological polar surface area (TPSA) is 95.1 Å². The van der Waals surface area contributed by atoms with E-state index in [-0.39, 0.29) is 5.91 Å². The molecule has 0 aliphatic rings. The molecule has 1 aromatic rings. The van der Waals surface area contributed by atoms with Crippen LogP contribution in [0.3, 0.4) is 0 Å². The van der Waals surface area contributed by atoms with Crippen molar-refractivity contribution in [1.82, 2.24) is 15.3 Å². The molecular formula is C11H17N3O3S. The van der Waals surface area contributed by atoms with E-state index >= 15 is 0 Å². The summed E-state index contributed by atoms with van der Waals surface area (Å²) in [5, 5.41) is 11.2. The van der Waals surface area contributed by atoms with Crippen molar-refractivity contribution in [2.75, 3.05) is 0 Å². The van der Waals surface area contributed by atoms with Crippen molar-refractivity contribution in [1.29, 1.82) is 0 Å². The monoisotopic (exact) mass is 271 g/mol. The van der Waals surface area contributed by atoms with Crippen LogP contribution < -0.4 is 5.32 Å². The molecule has 7 heteroatoms. The zero-order valence-corrected chi connectivity index (χ0v) is 11.4. The SMILES string of the molecule is C[C@H](NC(=O)C(C)(C)SCc1ncc[nH]1)C(=O)O. The number of aromatic amines is 1. The van der Waals surface area contributed by atoms with E-state index in [0.29, 0.717) is 5.75 Å². The minimum Gasteiger partial charge on any atom is -0.480 e. The molecule has 3 N–H and O–H groups in total. The van der Waals surface area contributed by atoms with Crippen LogP contribution in [0.4, 0.5) is 0 Å². The van der Waals surface area contributed by atoms with Crippen LogP contribution >= 0.6 is 11.8 Å². The largest absolute Gasteiger partial charge is 0.480 e. The van der Waals surface area contributed by atoms with Crippen LogP contribution in [0.2, 0.25) is 0 Å². The Morgan fingerprint density at radius 2 is 2.28 bits per heavy atom. The number of carbonyl (C=O) groups is 2. The number of rotatable bonds is 6. The number of carboxylic acid groups (broad SMARTS) is 1. The van der Waals surface area contributed by atoms with Gasteiger partial charge in [-0.25, -0.2) is 4.98 Å². The van der Waals surface area contributed by atoms with E-state index < -0.39 is 16.8 Å². The lowest BCUT2D eigenvalue weighted by Crippen LogP contribution is -2.47. The normalized spacial score (nSPS) is 13.1. The second-order valence-corrected chi connectivity index (χ2v) is 5.97. The first-order valence-corrected chi connectivity index (χ1v) is 6.47. The molecule has 0 aromatic carbocycles. The van der Waals surface area contributed by atoms with E-state index in [0.717, 1.165) is 5.82 Å². The van der Waals surface area contributed by atoms with E-state index in [2.05, 4.69) is 15.3 Å². The average molecular weight is 271 g/mol. The molecule has 0 spiro atoms. The van der Waals surface area contributed by atoms with Gasteiger partial charge in [0.15, 0.2) is 0 Å². The Morgan fingerprint density at radius 3 is 2.78 bits per heavy atom. The molecule has 0 aliphatic heterocycles. The molecule has 1 rings (SSSR count). The van der Waals surface area contributed by atoms with Crippen molar-refractivity contribution >= 4 is 23.6 Å². The summed E-state index contributed by atoms with van der Waals surface area (Å²) in [5.74, 6) is 0.00537. The van der Waals surface area contributed by atoms with Gasteiger partial charge in [-0.1, -0.05) is 0 Å². The van der Waals surface area contributed by atoms with E-state index in [1.165, 1.54) is 18.7 Å². The van der Waals surface area contributed by atoms with Crippen molar-refractivity contribution in [3.8, 4) is 0 Å². The number of carbonyl (C=O) groups excluding carboxylic acids is 1. The third kappa shape index (κ3) is 4.06. The molecule has 1 heterocycles. The van der Waals surface area contributed by atoms with Gasteiger partial charge in [0, 0.05) is 12.4 Å². The first-order chi connectivity index (χ1) is 8.33. The quantitative estimate of drug-likeness (QED) is 0.717. The van der Waals surface area contributed by atoms with Gasteiger partial charge in [-0.3, -0.25) is 9.59 Å². The van der Waals surface area contributed by atoms with Crippen molar-refractivity contribution in [3.05, 3.63) is 18.2 Å². The molecule has 0 radical (unpaired) electrons. The van der Waals surface area contributed by atoms with Crippen molar-refractivity contribution in [2.24, 2.45) is 0 Å². The number of aromatic nitrogens is 2. The summed E-state index contributed by atoms with van der Waals surface area (Å²) in [5.41, 5.74) is 0. The highest BCUT2D eigenvalue weighted by Crippen LogP contribution is 2.27. The predicted octanol–water partition coefficient (Wildman–Crippen LogP) is 1.01. The summed E-state index contributed by atoms with van der Waals surface area (Å²) in [6, 6.07) is -0.888. The molecule has 0 saturated heterocycles. The van der Waals surface area contributed by atoms with Crippen LogP contribution in [-0.2, 0) is 15.3 Å². The molecule has 0 bridgehead atoms. The van der Waals surface area contributed by atoms with Crippen LogP contribution in [0.25, 0.3) is 0 Å². The average Bonchev–Trinajstić information content (AvgIpc) is 2.79. The number of hydrogen-bond acceptors (Lipinski definition) is 4. The van der Waals surface area contributed by atoms with Crippen molar-refractivity contribution < 1.29 is 14.7 Å². The lowest BCUT2D eigenvalue weighted by molar-refractivity contribution is -0.141. The molecule has 100 valence electrons. The van der Waals surface area contributed by atoms with Crippen LogP contribution in [0.15, 0.2) is 12.4 Å². The van der Waals surface area contributed by atoms with Gasteiger partial charge in [0.1, 0.15) is 11.9 Å². The summed E-state index contributed by atoms with van der Waals surface area (Å²) in [4.78, 5) is 29.6. The van der Waals surface area contributed by atoms with Crippen LogP contribution in [-0.4, -0.2) is 37.7 Å². The molecule has 0 unspecified atom stereocenters. The van der Waals surface area contributed by atoms with E-state index in [1.54, 1.807) is 26.2 Å². The summed E-state index contributed by atoms with van der Waals surface area (Å²) in [7, 11) is 0. The second-order valence-electron chi connectivity index (χ2n) is 4.37. The summed E-state index contributed by atoms with van der Waals surface area (Å²) in [6.45, 7) is 4.95. The Morgan fingerprint density at radius 1 is 1.61 bits per heavy atom. The zero-order valence-electron chi connectivity index (χ0n) is 10.6. The zero-order chi connectivity index (χ0) is 13.8. The Labute approximate surface area is 110 Å². The maximum atomic E-state index is 11.9. The summed E-state index contributed by atoms with van der Waals surface area (Å²) < 4.78 is -0.712. The molecule has 18 heavy (non-hydrogen) atoms. The maximum absolute atomic E-state index is 11.9. The molecule has 0 aliphatic carbocycles. The number of nitrogens with one attached hydrogen (secondary N) is 2. The molecule has 0 fully saturated rings. The van der Waals surface area contributed by atoms with Gasteiger partial charge in [0.2, 0.25) is 5.91 Å². The van der Waals surface area contributed by atoms with E-state index in [1.807, 2.05) is 0 Å².